The van der Waals surface area contributed by atoms with Crippen molar-refractivity contribution in [3.63, 3.8) is 0 Å². The van der Waals surface area contributed by atoms with E-state index in [9.17, 15) is 9.18 Å². The van der Waals surface area contributed by atoms with Gasteiger partial charge in [-0.25, -0.2) is 4.39 Å². The molecule has 4 nitrogen and oxygen atoms in total. The van der Waals surface area contributed by atoms with E-state index >= 15 is 0 Å². The highest BCUT2D eigenvalue weighted by Crippen LogP contribution is 2.15. The van der Waals surface area contributed by atoms with Crippen LogP contribution in [0.4, 0.5) is 4.39 Å². The Morgan fingerprint density at radius 3 is 2.83 bits per heavy atom. The number of hydrogen-bond acceptors (Lipinski definition) is 3. The third kappa shape index (κ3) is 3.20. The Bertz CT molecular complexity index is 418. The van der Waals surface area contributed by atoms with Gasteiger partial charge in [-0.05, 0) is 19.1 Å². The molecule has 0 unspecified atom stereocenters. The summed E-state index contributed by atoms with van der Waals surface area (Å²) in [4.78, 5) is 13.7. The normalized spacial score (nSPS) is 17.3. The highest BCUT2D eigenvalue weighted by molar-refractivity contribution is 5.81. The second-order valence-corrected chi connectivity index (χ2v) is 4.16. The fraction of sp³-hybridized carbons (Fsp3) is 0.462. The number of benzene rings is 1. The number of carbonyl (C=O) groups is 1. The summed E-state index contributed by atoms with van der Waals surface area (Å²) in [5.74, 6) is -0.106. The Kier molecular flexibility index (Phi) is 4.15. The maximum atomic E-state index is 13.0. The van der Waals surface area contributed by atoms with E-state index in [0.29, 0.717) is 32.1 Å². The molecule has 5 heteroatoms. The average molecular weight is 253 g/mol. The maximum absolute atomic E-state index is 13.0. The van der Waals surface area contributed by atoms with E-state index in [1.165, 1.54) is 12.1 Å². The summed E-state index contributed by atoms with van der Waals surface area (Å²) >= 11 is 0. The smallest absolute Gasteiger partial charge is 0.263 e. The van der Waals surface area contributed by atoms with Crippen molar-refractivity contribution in [1.29, 1.82) is 0 Å². The zero-order chi connectivity index (χ0) is 13.0. The van der Waals surface area contributed by atoms with Crippen LogP contribution in [-0.2, 0) is 9.53 Å². The number of morpholine rings is 1. The van der Waals surface area contributed by atoms with E-state index in [2.05, 4.69) is 0 Å². The van der Waals surface area contributed by atoms with Crippen molar-refractivity contribution in [2.24, 2.45) is 0 Å². The zero-order valence-corrected chi connectivity index (χ0v) is 10.3. The van der Waals surface area contributed by atoms with Gasteiger partial charge in [0.25, 0.3) is 5.91 Å². The van der Waals surface area contributed by atoms with Crippen molar-refractivity contribution in [3.05, 3.63) is 30.1 Å². The predicted octanol–water partition coefficient (Wildman–Crippen LogP) is 1.45. The maximum Gasteiger partial charge on any atom is 0.263 e. The van der Waals surface area contributed by atoms with E-state index in [1.807, 2.05) is 0 Å². The van der Waals surface area contributed by atoms with Crippen LogP contribution in [0.15, 0.2) is 24.3 Å². The van der Waals surface area contributed by atoms with Gasteiger partial charge in [0, 0.05) is 19.2 Å². The largest absolute Gasteiger partial charge is 0.481 e. The fourth-order valence-electron chi connectivity index (χ4n) is 1.84. The lowest BCUT2D eigenvalue weighted by molar-refractivity contribution is -0.142. The van der Waals surface area contributed by atoms with Gasteiger partial charge in [0.1, 0.15) is 11.6 Å². The Hall–Kier alpha value is -1.62. The Balaban J connectivity index is 1.94. The molecule has 1 saturated heterocycles. The van der Waals surface area contributed by atoms with E-state index in [-0.39, 0.29) is 11.7 Å². The van der Waals surface area contributed by atoms with Crippen LogP contribution in [0.25, 0.3) is 0 Å². The molecule has 98 valence electrons. The molecule has 1 aliphatic heterocycles. The van der Waals surface area contributed by atoms with Gasteiger partial charge < -0.3 is 14.4 Å². The second-order valence-electron chi connectivity index (χ2n) is 4.16. The van der Waals surface area contributed by atoms with Crippen LogP contribution in [-0.4, -0.2) is 43.2 Å². The number of hydrogen-bond donors (Lipinski definition) is 0. The molecule has 0 saturated carbocycles. The van der Waals surface area contributed by atoms with Crippen molar-refractivity contribution in [2.45, 2.75) is 13.0 Å². The Morgan fingerprint density at radius 2 is 2.17 bits per heavy atom. The monoisotopic (exact) mass is 253 g/mol. The van der Waals surface area contributed by atoms with Gasteiger partial charge in [-0.3, -0.25) is 4.79 Å². The molecule has 2 rings (SSSR count). The molecule has 1 aromatic rings. The van der Waals surface area contributed by atoms with E-state index in [4.69, 9.17) is 9.47 Å². The summed E-state index contributed by atoms with van der Waals surface area (Å²) in [6.45, 7) is 3.94. The number of ether oxygens (including phenoxy) is 2. The van der Waals surface area contributed by atoms with Gasteiger partial charge in [0.15, 0.2) is 6.10 Å². The van der Waals surface area contributed by atoms with Crippen LogP contribution >= 0.6 is 0 Å². The minimum absolute atomic E-state index is 0.0949. The highest BCUT2D eigenvalue weighted by Gasteiger charge is 2.23. The first-order valence-electron chi connectivity index (χ1n) is 5.95. The number of rotatable bonds is 3. The first-order valence-corrected chi connectivity index (χ1v) is 5.95. The lowest BCUT2D eigenvalue weighted by Crippen LogP contribution is -2.46. The lowest BCUT2D eigenvalue weighted by Gasteiger charge is -2.29. The zero-order valence-electron chi connectivity index (χ0n) is 10.3. The van der Waals surface area contributed by atoms with Crippen LogP contribution in [0.3, 0.4) is 0 Å². The first kappa shape index (κ1) is 12.8. The van der Waals surface area contributed by atoms with Gasteiger partial charge in [-0.1, -0.05) is 6.07 Å². The van der Waals surface area contributed by atoms with Crippen LogP contribution in [0.1, 0.15) is 6.92 Å². The summed E-state index contributed by atoms with van der Waals surface area (Å²) in [6, 6.07) is 5.78. The summed E-state index contributed by atoms with van der Waals surface area (Å²) in [7, 11) is 0. The van der Waals surface area contributed by atoms with Crippen molar-refractivity contribution < 1.29 is 18.7 Å². The van der Waals surface area contributed by atoms with Crippen molar-refractivity contribution in [3.8, 4) is 5.75 Å². The standard InChI is InChI=1S/C13H16FNO3/c1-10(13(16)15-5-7-17-8-6-15)18-12-4-2-3-11(14)9-12/h2-4,9-10H,5-8H2,1H3/t10-/m1/s1. The Labute approximate surface area is 105 Å². The topological polar surface area (TPSA) is 38.8 Å². The summed E-state index contributed by atoms with van der Waals surface area (Å²) in [6.07, 6.45) is -0.620. The van der Waals surface area contributed by atoms with E-state index in [0.717, 1.165) is 0 Å². The molecular formula is C13H16FNO3. The molecule has 1 heterocycles. The van der Waals surface area contributed by atoms with Crippen molar-refractivity contribution in [2.75, 3.05) is 26.3 Å². The van der Waals surface area contributed by atoms with Gasteiger partial charge in [0.2, 0.25) is 0 Å². The molecule has 0 aliphatic carbocycles. The van der Waals surface area contributed by atoms with Gasteiger partial charge in [-0.2, -0.15) is 0 Å². The number of carbonyl (C=O) groups excluding carboxylic acids is 1. The highest BCUT2D eigenvalue weighted by atomic mass is 19.1. The molecule has 1 amide bonds. The number of nitrogens with zero attached hydrogens (tertiary/aromatic N) is 1. The molecule has 0 radical (unpaired) electrons. The van der Waals surface area contributed by atoms with E-state index < -0.39 is 6.10 Å². The van der Waals surface area contributed by atoms with Crippen LogP contribution in [0, 0.1) is 5.82 Å². The Morgan fingerprint density at radius 1 is 1.44 bits per heavy atom. The molecule has 1 atom stereocenters. The van der Waals surface area contributed by atoms with Gasteiger partial charge in [0.05, 0.1) is 13.2 Å². The molecular weight excluding hydrogens is 237 g/mol. The molecule has 0 spiro atoms. The third-order valence-electron chi connectivity index (χ3n) is 2.78. The first-order chi connectivity index (χ1) is 8.66. The molecule has 0 N–H and O–H groups in total. The van der Waals surface area contributed by atoms with E-state index in [1.54, 1.807) is 24.0 Å². The number of halogens is 1. The number of amides is 1. The van der Waals surface area contributed by atoms with Crippen LogP contribution in [0.5, 0.6) is 5.75 Å². The average Bonchev–Trinajstić information content (AvgIpc) is 2.39. The second kappa shape index (κ2) is 5.82. The van der Waals surface area contributed by atoms with Crippen molar-refractivity contribution >= 4 is 5.91 Å². The molecule has 1 fully saturated rings. The van der Waals surface area contributed by atoms with Gasteiger partial charge in [-0.15, -0.1) is 0 Å². The quantitative estimate of drug-likeness (QED) is 0.818. The molecule has 0 aromatic heterocycles. The predicted molar refractivity (Wildman–Crippen MR) is 63.9 cm³/mol. The molecule has 18 heavy (non-hydrogen) atoms. The third-order valence-corrected chi connectivity index (χ3v) is 2.78. The fourth-order valence-corrected chi connectivity index (χ4v) is 1.84. The molecule has 0 bridgehead atoms. The van der Waals surface area contributed by atoms with Crippen LogP contribution < -0.4 is 4.74 Å². The SMILES string of the molecule is C[C@@H](Oc1cccc(F)c1)C(=O)N1CCOCC1. The lowest BCUT2D eigenvalue weighted by atomic mass is 10.3. The molecule has 1 aliphatic rings. The van der Waals surface area contributed by atoms with Crippen molar-refractivity contribution in [1.82, 2.24) is 4.90 Å². The minimum Gasteiger partial charge on any atom is -0.481 e. The van der Waals surface area contributed by atoms with Gasteiger partial charge >= 0.3 is 0 Å². The minimum atomic E-state index is -0.620. The summed E-state index contributed by atoms with van der Waals surface area (Å²) < 4.78 is 23.6. The summed E-state index contributed by atoms with van der Waals surface area (Å²) in [5, 5.41) is 0. The summed E-state index contributed by atoms with van der Waals surface area (Å²) in [5.41, 5.74) is 0. The molecule has 1 aromatic carbocycles. The van der Waals surface area contributed by atoms with Crippen LogP contribution in [0.2, 0.25) is 0 Å².